The summed E-state index contributed by atoms with van der Waals surface area (Å²) in [5, 5.41) is 0. The van der Waals surface area contributed by atoms with Gasteiger partial charge in [0.15, 0.2) is 0 Å². The van der Waals surface area contributed by atoms with Crippen molar-refractivity contribution in [2.45, 2.75) is 0 Å². The van der Waals surface area contributed by atoms with E-state index in [2.05, 4.69) is 0 Å². The first kappa shape index (κ1) is 13.7. The molecule has 0 unspecified atom stereocenters. The van der Waals surface area contributed by atoms with Crippen molar-refractivity contribution in [3.05, 3.63) is 35.9 Å². The third-order valence-corrected chi connectivity index (χ3v) is 2.22. The first-order chi connectivity index (χ1) is 8.00. The topological polar surface area (TPSA) is 26.8 Å². The van der Waals surface area contributed by atoms with Gasteiger partial charge in [-0.1, -0.05) is 18.2 Å². The quantitative estimate of drug-likeness (QED) is 0.717. The molecule has 0 fully saturated rings. The van der Waals surface area contributed by atoms with Gasteiger partial charge in [0.1, 0.15) is 0 Å². The first-order valence-corrected chi connectivity index (χ1v) is 5.64. The Labute approximate surface area is 103 Å². The molecule has 94 valence electrons. The highest BCUT2D eigenvalue weighted by molar-refractivity contribution is 5.94. The number of carbonyl (C=O) groups is 1. The summed E-state index contributed by atoms with van der Waals surface area (Å²) in [7, 11) is 7.84. The van der Waals surface area contributed by atoms with Crippen LogP contribution in [0.4, 0.5) is 0 Å². The number of nitrogens with zero attached hydrogens (tertiary/aromatic N) is 3. The molecule has 1 aromatic rings. The molecule has 0 spiro atoms. The molecule has 0 saturated carbocycles. The van der Waals surface area contributed by atoms with Gasteiger partial charge in [0.25, 0.3) is 5.91 Å². The lowest BCUT2D eigenvalue weighted by Crippen LogP contribution is -2.43. The number of amides is 1. The predicted octanol–water partition coefficient (Wildman–Crippen LogP) is 1.17. The van der Waals surface area contributed by atoms with E-state index < -0.39 is 0 Å². The monoisotopic (exact) mass is 235 g/mol. The van der Waals surface area contributed by atoms with Gasteiger partial charge in [0, 0.05) is 5.56 Å². The van der Waals surface area contributed by atoms with Crippen LogP contribution in [0.1, 0.15) is 10.4 Å². The third kappa shape index (κ3) is 4.54. The summed E-state index contributed by atoms with van der Waals surface area (Å²) >= 11 is 0. The van der Waals surface area contributed by atoms with E-state index in [-0.39, 0.29) is 5.91 Å². The molecule has 1 aromatic carbocycles. The molecule has 4 heteroatoms. The van der Waals surface area contributed by atoms with Gasteiger partial charge in [-0.3, -0.25) is 14.6 Å². The Hall–Kier alpha value is -1.39. The van der Waals surface area contributed by atoms with Crippen molar-refractivity contribution in [2.24, 2.45) is 0 Å². The van der Waals surface area contributed by atoms with Gasteiger partial charge in [-0.2, -0.15) is 0 Å². The second-order valence-electron chi connectivity index (χ2n) is 4.65. The first-order valence-electron chi connectivity index (χ1n) is 5.64. The van der Waals surface area contributed by atoms with Crippen molar-refractivity contribution in [2.75, 3.05) is 41.5 Å². The van der Waals surface area contributed by atoms with Crippen molar-refractivity contribution in [3.8, 4) is 0 Å². The summed E-state index contributed by atoms with van der Waals surface area (Å²) in [6.45, 7) is 1.23. The van der Waals surface area contributed by atoms with Gasteiger partial charge in [0.05, 0.1) is 13.3 Å². The van der Waals surface area contributed by atoms with Crippen LogP contribution < -0.4 is 0 Å². The highest BCUT2D eigenvalue weighted by Crippen LogP contribution is 2.05. The second-order valence-corrected chi connectivity index (χ2v) is 4.65. The minimum Gasteiger partial charge on any atom is -0.313 e. The maximum Gasteiger partial charge on any atom is 0.255 e. The lowest BCUT2D eigenvalue weighted by atomic mass is 10.2. The predicted molar refractivity (Wildman–Crippen MR) is 69.7 cm³/mol. The number of rotatable bonds is 5. The molecule has 0 radical (unpaired) electrons. The third-order valence-electron chi connectivity index (χ3n) is 2.22. The van der Waals surface area contributed by atoms with E-state index in [1.54, 1.807) is 0 Å². The Morgan fingerprint density at radius 3 is 1.82 bits per heavy atom. The summed E-state index contributed by atoms with van der Waals surface area (Å²) in [4.78, 5) is 18.1. The summed E-state index contributed by atoms with van der Waals surface area (Å²) in [5.41, 5.74) is 0.733. The molecule has 0 saturated heterocycles. The molecule has 0 aliphatic rings. The fourth-order valence-electron chi connectivity index (χ4n) is 1.62. The molecule has 0 aliphatic carbocycles. The van der Waals surface area contributed by atoms with Crippen LogP contribution in [0.5, 0.6) is 0 Å². The fraction of sp³-hybridized carbons (Fsp3) is 0.462. The summed E-state index contributed by atoms with van der Waals surface area (Å²) in [6.07, 6.45) is 0. The molecule has 0 atom stereocenters. The molecule has 0 heterocycles. The van der Waals surface area contributed by atoms with Gasteiger partial charge in [0.2, 0.25) is 0 Å². The van der Waals surface area contributed by atoms with Crippen LogP contribution in [0.2, 0.25) is 0 Å². The van der Waals surface area contributed by atoms with Gasteiger partial charge in [-0.05, 0) is 40.3 Å². The van der Waals surface area contributed by atoms with E-state index in [0.717, 1.165) is 5.56 Å². The average Bonchev–Trinajstić information content (AvgIpc) is 2.27. The minimum absolute atomic E-state index is 0.0630. The molecule has 0 aromatic heterocycles. The fourth-order valence-corrected chi connectivity index (χ4v) is 1.62. The second kappa shape index (κ2) is 6.37. The maximum absolute atomic E-state index is 12.3. The molecular formula is C13H21N3O. The number of hydrogen-bond acceptors (Lipinski definition) is 3. The Kier molecular flexibility index (Phi) is 5.12. The Balaban J connectivity index is 2.79. The molecule has 1 rings (SSSR count). The lowest BCUT2D eigenvalue weighted by Gasteiger charge is -2.28. The van der Waals surface area contributed by atoms with E-state index >= 15 is 0 Å². The molecule has 1 amide bonds. The molecule has 4 nitrogen and oxygen atoms in total. The van der Waals surface area contributed by atoms with Crippen LogP contribution in [0.15, 0.2) is 30.3 Å². The number of hydrogen-bond donors (Lipinski definition) is 0. The van der Waals surface area contributed by atoms with Crippen LogP contribution >= 0.6 is 0 Å². The molecule has 0 bridgehead atoms. The maximum atomic E-state index is 12.3. The molecule has 0 N–H and O–H groups in total. The SMILES string of the molecule is CN(C)CN(CN(C)C)C(=O)c1ccccc1. The normalized spacial score (nSPS) is 10.9. The lowest BCUT2D eigenvalue weighted by molar-refractivity contribution is 0.0570. The van der Waals surface area contributed by atoms with Crippen molar-refractivity contribution < 1.29 is 4.79 Å². The van der Waals surface area contributed by atoms with Gasteiger partial charge in [-0.15, -0.1) is 0 Å². The Bertz CT molecular complexity index is 339. The summed E-state index contributed by atoms with van der Waals surface area (Å²) < 4.78 is 0. The summed E-state index contributed by atoms with van der Waals surface area (Å²) in [6, 6.07) is 9.38. The van der Waals surface area contributed by atoms with Crippen molar-refractivity contribution in [1.82, 2.24) is 14.7 Å². The zero-order chi connectivity index (χ0) is 12.8. The van der Waals surface area contributed by atoms with E-state index in [0.29, 0.717) is 13.3 Å². The minimum atomic E-state index is 0.0630. The number of carbonyl (C=O) groups excluding carboxylic acids is 1. The van der Waals surface area contributed by atoms with Gasteiger partial charge in [-0.25, -0.2) is 0 Å². The Morgan fingerprint density at radius 1 is 0.941 bits per heavy atom. The van der Waals surface area contributed by atoms with E-state index in [9.17, 15) is 4.79 Å². The van der Waals surface area contributed by atoms with Crippen LogP contribution in [0.25, 0.3) is 0 Å². The average molecular weight is 235 g/mol. The zero-order valence-electron chi connectivity index (χ0n) is 11.1. The van der Waals surface area contributed by atoms with E-state index in [1.807, 2.05) is 73.2 Å². The largest absolute Gasteiger partial charge is 0.313 e. The Morgan fingerprint density at radius 2 is 1.41 bits per heavy atom. The van der Waals surface area contributed by atoms with Gasteiger partial charge >= 0.3 is 0 Å². The molecule has 17 heavy (non-hydrogen) atoms. The summed E-state index contributed by atoms with van der Waals surface area (Å²) in [5.74, 6) is 0.0630. The van der Waals surface area contributed by atoms with Crippen molar-refractivity contribution in [3.63, 3.8) is 0 Å². The van der Waals surface area contributed by atoms with Crippen LogP contribution in [-0.4, -0.2) is 62.1 Å². The zero-order valence-corrected chi connectivity index (χ0v) is 11.1. The number of benzene rings is 1. The van der Waals surface area contributed by atoms with Gasteiger partial charge < -0.3 is 4.90 Å². The van der Waals surface area contributed by atoms with Crippen molar-refractivity contribution in [1.29, 1.82) is 0 Å². The standard InChI is InChI=1S/C13H21N3O/c1-14(2)10-16(11-15(3)4)13(17)12-8-6-5-7-9-12/h5-9H,10-11H2,1-4H3. The van der Waals surface area contributed by atoms with E-state index in [4.69, 9.17) is 0 Å². The highest BCUT2D eigenvalue weighted by Gasteiger charge is 2.16. The van der Waals surface area contributed by atoms with Crippen LogP contribution in [0, 0.1) is 0 Å². The van der Waals surface area contributed by atoms with Crippen LogP contribution in [0.3, 0.4) is 0 Å². The highest BCUT2D eigenvalue weighted by atomic mass is 16.2. The smallest absolute Gasteiger partial charge is 0.255 e. The molecular weight excluding hydrogens is 214 g/mol. The molecule has 0 aliphatic heterocycles. The van der Waals surface area contributed by atoms with E-state index in [1.165, 1.54) is 0 Å². The van der Waals surface area contributed by atoms with Crippen LogP contribution in [-0.2, 0) is 0 Å². The van der Waals surface area contributed by atoms with Crippen molar-refractivity contribution >= 4 is 5.91 Å².